The SMILES string of the molecule is C#CC(=Cc1cccnc1)c1cn(C(=O)O)c2ccc(OC)cc12. The van der Waals surface area contributed by atoms with Crippen molar-refractivity contribution in [1.29, 1.82) is 0 Å². The summed E-state index contributed by atoms with van der Waals surface area (Å²) in [6, 6.07) is 8.87. The highest BCUT2D eigenvalue weighted by atomic mass is 16.5. The van der Waals surface area contributed by atoms with Gasteiger partial charge in [-0.3, -0.25) is 9.55 Å². The van der Waals surface area contributed by atoms with E-state index in [1.807, 2.05) is 12.1 Å². The number of benzene rings is 1. The molecule has 0 spiro atoms. The summed E-state index contributed by atoms with van der Waals surface area (Å²) in [6.07, 6.45) is 11.3. The van der Waals surface area contributed by atoms with Gasteiger partial charge < -0.3 is 9.84 Å². The van der Waals surface area contributed by atoms with Crippen LogP contribution in [0.1, 0.15) is 11.1 Å². The van der Waals surface area contributed by atoms with Crippen molar-refractivity contribution >= 4 is 28.6 Å². The molecule has 2 aromatic heterocycles. The fourth-order valence-corrected chi connectivity index (χ4v) is 2.53. The summed E-state index contributed by atoms with van der Waals surface area (Å²) in [6.45, 7) is 0. The molecule has 0 saturated heterocycles. The van der Waals surface area contributed by atoms with Crippen molar-refractivity contribution in [1.82, 2.24) is 9.55 Å². The lowest BCUT2D eigenvalue weighted by atomic mass is 10.0. The number of fused-ring (bicyclic) bond motifs is 1. The Balaban J connectivity index is 2.26. The number of hydrogen-bond acceptors (Lipinski definition) is 3. The lowest BCUT2D eigenvalue weighted by Gasteiger charge is -2.02. The molecule has 3 aromatic rings. The molecule has 0 amide bonds. The molecule has 0 fully saturated rings. The highest BCUT2D eigenvalue weighted by molar-refractivity contribution is 6.04. The standard InChI is InChI=1S/C19H14N2O3/c1-3-14(9-13-5-4-8-20-11-13)17-12-21(19(22)23)18-7-6-15(24-2)10-16(17)18/h1,4-12H,2H3,(H,22,23). The average Bonchev–Trinajstić information content (AvgIpc) is 2.99. The van der Waals surface area contributed by atoms with Gasteiger partial charge in [0.1, 0.15) is 5.75 Å². The minimum absolute atomic E-state index is 0.547. The first-order valence-electron chi connectivity index (χ1n) is 7.15. The molecule has 24 heavy (non-hydrogen) atoms. The van der Waals surface area contributed by atoms with Crippen molar-refractivity contribution in [2.24, 2.45) is 0 Å². The Kier molecular flexibility index (Phi) is 4.04. The Bertz CT molecular complexity index is 979. The quantitative estimate of drug-likeness (QED) is 0.747. The Morgan fingerprint density at radius 3 is 2.88 bits per heavy atom. The van der Waals surface area contributed by atoms with Gasteiger partial charge in [-0.1, -0.05) is 12.0 Å². The van der Waals surface area contributed by atoms with Crippen LogP contribution in [0.3, 0.4) is 0 Å². The molecule has 5 heteroatoms. The van der Waals surface area contributed by atoms with Crippen molar-refractivity contribution in [3.63, 3.8) is 0 Å². The minimum Gasteiger partial charge on any atom is -0.497 e. The zero-order valence-corrected chi connectivity index (χ0v) is 12.9. The monoisotopic (exact) mass is 318 g/mol. The molecule has 118 valence electrons. The number of pyridine rings is 1. The smallest absolute Gasteiger partial charge is 0.416 e. The molecule has 5 nitrogen and oxygen atoms in total. The van der Waals surface area contributed by atoms with E-state index in [1.54, 1.807) is 43.8 Å². The molecule has 1 N–H and O–H groups in total. The maximum Gasteiger partial charge on any atom is 0.416 e. The van der Waals surface area contributed by atoms with Crippen molar-refractivity contribution in [2.75, 3.05) is 7.11 Å². The van der Waals surface area contributed by atoms with E-state index in [-0.39, 0.29) is 0 Å². The molecule has 0 atom stereocenters. The van der Waals surface area contributed by atoms with E-state index in [0.717, 1.165) is 10.1 Å². The van der Waals surface area contributed by atoms with Crippen LogP contribution >= 0.6 is 0 Å². The molecule has 2 heterocycles. The van der Waals surface area contributed by atoms with Gasteiger partial charge in [-0.05, 0) is 35.9 Å². The van der Waals surface area contributed by atoms with Crippen LogP contribution in [0.4, 0.5) is 4.79 Å². The van der Waals surface area contributed by atoms with Crippen LogP contribution in [0.25, 0.3) is 22.6 Å². The summed E-state index contributed by atoms with van der Waals surface area (Å²) < 4.78 is 6.39. The van der Waals surface area contributed by atoms with Gasteiger partial charge in [-0.2, -0.15) is 0 Å². The summed E-state index contributed by atoms with van der Waals surface area (Å²) in [4.78, 5) is 15.6. The second-order valence-electron chi connectivity index (χ2n) is 5.07. The summed E-state index contributed by atoms with van der Waals surface area (Å²) in [5.41, 5.74) is 2.61. The number of carboxylic acid groups (broad SMARTS) is 1. The highest BCUT2D eigenvalue weighted by Gasteiger charge is 2.15. The third-order valence-electron chi connectivity index (χ3n) is 3.66. The summed E-state index contributed by atoms with van der Waals surface area (Å²) in [5.74, 6) is 3.26. The van der Waals surface area contributed by atoms with E-state index < -0.39 is 6.09 Å². The molecule has 0 aliphatic heterocycles. The number of rotatable bonds is 3. The Morgan fingerprint density at radius 1 is 1.42 bits per heavy atom. The maximum atomic E-state index is 11.5. The van der Waals surface area contributed by atoms with E-state index in [2.05, 4.69) is 10.9 Å². The summed E-state index contributed by atoms with van der Waals surface area (Å²) in [5, 5.41) is 10.1. The molecule has 0 aliphatic rings. The van der Waals surface area contributed by atoms with E-state index in [9.17, 15) is 9.90 Å². The van der Waals surface area contributed by atoms with Crippen molar-refractivity contribution in [2.45, 2.75) is 0 Å². The molecular weight excluding hydrogens is 304 g/mol. The number of terminal acetylenes is 1. The molecular formula is C19H14N2O3. The molecule has 0 radical (unpaired) electrons. The molecule has 0 unspecified atom stereocenters. The number of ether oxygens (including phenoxy) is 1. The Morgan fingerprint density at radius 2 is 2.25 bits per heavy atom. The Hall–Kier alpha value is -3.52. The van der Waals surface area contributed by atoms with E-state index >= 15 is 0 Å². The zero-order chi connectivity index (χ0) is 17.1. The van der Waals surface area contributed by atoms with E-state index in [1.165, 1.54) is 6.20 Å². The van der Waals surface area contributed by atoms with Crippen LogP contribution in [-0.2, 0) is 0 Å². The zero-order valence-electron chi connectivity index (χ0n) is 12.9. The first kappa shape index (κ1) is 15.4. The molecule has 0 saturated carbocycles. The largest absolute Gasteiger partial charge is 0.497 e. The first-order chi connectivity index (χ1) is 11.6. The predicted octanol–water partition coefficient (Wildman–Crippen LogP) is 3.74. The van der Waals surface area contributed by atoms with Crippen LogP contribution in [0.15, 0.2) is 48.9 Å². The van der Waals surface area contributed by atoms with Gasteiger partial charge in [0.2, 0.25) is 0 Å². The number of nitrogens with zero attached hydrogens (tertiary/aromatic N) is 2. The fraction of sp³-hybridized carbons (Fsp3) is 0.0526. The number of allylic oxidation sites excluding steroid dienone is 1. The minimum atomic E-state index is -1.07. The van der Waals surface area contributed by atoms with Crippen LogP contribution in [0.2, 0.25) is 0 Å². The third kappa shape index (κ3) is 2.73. The van der Waals surface area contributed by atoms with Gasteiger partial charge in [0.25, 0.3) is 0 Å². The second-order valence-corrected chi connectivity index (χ2v) is 5.07. The fourth-order valence-electron chi connectivity index (χ4n) is 2.53. The second kappa shape index (κ2) is 6.31. The van der Waals surface area contributed by atoms with Crippen LogP contribution in [-0.4, -0.2) is 27.9 Å². The normalized spacial score (nSPS) is 11.2. The van der Waals surface area contributed by atoms with Crippen LogP contribution in [0, 0.1) is 12.3 Å². The van der Waals surface area contributed by atoms with Crippen LogP contribution in [0.5, 0.6) is 5.75 Å². The number of methoxy groups -OCH3 is 1. The van der Waals surface area contributed by atoms with Gasteiger partial charge in [-0.15, -0.1) is 6.42 Å². The molecule has 0 bridgehead atoms. The highest BCUT2D eigenvalue weighted by Crippen LogP contribution is 2.31. The van der Waals surface area contributed by atoms with Crippen molar-refractivity contribution in [3.8, 4) is 18.1 Å². The maximum absolute atomic E-state index is 11.5. The summed E-state index contributed by atoms with van der Waals surface area (Å²) in [7, 11) is 1.56. The number of carbonyl (C=O) groups is 1. The number of aromatic nitrogens is 2. The average molecular weight is 318 g/mol. The Labute approximate surface area is 138 Å². The van der Waals surface area contributed by atoms with Gasteiger partial charge >= 0.3 is 6.09 Å². The molecule has 1 aromatic carbocycles. The van der Waals surface area contributed by atoms with E-state index in [4.69, 9.17) is 11.2 Å². The van der Waals surface area contributed by atoms with E-state index in [0.29, 0.717) is 27.8 Å². The number of hydrogen-bond donors (Lipinski definition) is 1. The van der Waals surface area contributed by atoms with Crippen molar-refractivity contribution < 1.29 is 14.6 Å². The molecule has 3 rings (SSSR count). The van der Waals surface area contributed by atoms with Gasteiger partial charge in [0.15, 0.2) is 0 Å². The van der Waals surface area contributed by atoms with Gasteiger partial charge in [-0.25, -0.2) is 4.79 Å². The third-order valence-corrected chi connectivity index (χ3v) is 3.66. The van der Waals surface area contributed by atoms with Gasteiger partial charge in [0.05, 0.1) is 12.6 Å². The lowest BCUT2D eigenvalue weighted by Crippen LogP contribution is -2.05. The summed E-state index contributed by atoms with van der Waals surface area (Å²) >= 11 is 0. The lowest BCUT2D eigenvalue weighted by molar-refractivity contribution is 0.197. The van der Waals surface area contributed by atoms with Crippen LogP contribution < -0.4 is 4.74 Å². The van der Waals surface area contributed by atoms with Crippen molar-refractivity contribution in [3.05, 3.63) is 60.0 Å². The van der Waals surface area contributed by atoms with Gasteiger partial charge in [0, 0.05) is 35.1 Å². The molecule has 0 aliphatic carbocycles. The predicted molar refractivity (Wildman–Crippen MR) is 92.9 cm³/mol. The topological polar surface area (TPSA) is 64.4 Å². The first-order valence-corrected chi connectivity index (χ1v) is 7.15.